The van der Waals surface area contributed by atoms with Gasteiger partial charge in [-0.1, -0.05) is 6.92 Å². The Labute approximate surface area is 137 Å². The van der Waals surface area contributed by atoms with Gasteiger partial charge in [-0.15, -0.1) is 0 Å². The fraction of sp³-hybridized carbons (Fsp3) is 0.438. The first kappa shape index (κ1) is 16.4. The SMILES string of the molecule is CC1CCC2(CC1)NC(=O)N(NC(=O)c1cc(F)ccc1F)C2=O. The lowest BCUT2D eigenvalue weighted by molar-refractivity contribution is -0.134. The molecule has 1 aromatic rings. The summed E-state index contributed by atoms with van der Waals surface area (Å²) < 4.78 is 26.8. The van der Waals surface area contributed by atoms with Crippen LogP contribution in [0.15, 0.2) is 18.2 Å². The van der Waals surface area contributed by atoms with E-state index in [9.17, 15) is 23.2 Å². The molecule has 1 aliphatic carbocycles. The van der Waals surface area contributed by atoms with E-state index in [2.05, 4.69) is 17.7 Å². The van der Waals surface area contributed by atoms with Crippen molar-refractivity contribution in [1.82, 2.24) is 15.8 Å². The van der Waals surface area contributed by atoms with Crippen LogP contribution in [0.5, 0.6) is 0 Å². The lowest BCUT2D eigenvalue weighted by atomic mass is 9.77. The van der Waals surface area contributed by atoms with Crippen LogP contribution < -0.4 is 10.7 Å². The van der Waals surface area contributed by atoms with Crippen molar-refractivity contribution in [2.24, 2.45) is 5.92 Å². The predicted octanol–water partition coefficient (Wildman–Crippen LogP) is 2.11. The molecule has 0 unspecified atom stereocenters. The van der Waals surface area contributed by atoms with Gasteiger partial charge in [0.05, 0.1) is 5.56 Å². The van der Waals surface area contributed by atoms with E-state index in [0.717, 1.165) is 25.0 Å². The van der Waals surface area contributed by atoms with Crippen LogP contribution in [0.4, 0.5) is 13.6 Å². The van der Waals surface area contributed by atoms with E-state index in [-0.39, 0.29) is 0 Å². The van der Waals surface area contributed by atoms with Gasteiger partial charge in [0.25, 0.3) is 11.8 Å². The number of nitrogens with one attached hydrogen (secondary N) is 2. The summed E-state index contributed by atoms with van der Waals surface area (Å²) in [6.07, 6.45) is 2.54. The lowest BCUT2D eigenvalue weighted by Gasteiger charge is -2.33. The fourth-order valence-corrected chi connectivity index (χ4v) is 3.15. The van der Waals surface area contributed by atoms with E-state index in [1.807, 2.05) is 0 Å². The molecule has 2 fully saturated rings. The van der Waals surface area contributed by atoms with Crippen molar-refractivity contribution in [1.29, 1.82) is 0 Å². The second-order valence-corrected chi connectivity index (χ2v) is 6.40. The molecule has 1 saturated carbocycles. The smallest absolute Gasteiger partial charge is 0.322 e. The van der Waals surface area contributed by atoms with Crippen molar-refractivity contribution >= 4 is 17.8 Å². The van der Waals surface area contributed by atoms with E-state index in [4.69, 9.17) is 0 Å². The molecule has 8 heteroatoms. The van der Waals surface area contributed by atoms with Gasteiger partial charge in [-0.25, -0.2) is 13.6 Å². The molecule has 2 aliphatic rings. The zero-order valence-electron chi connectivity index (χ0n) is 13.1. The maximum absolute atomic E-state index is 13.6. The molecule has 24 heavy (non-hydrogen) atoms. The van der Waals surface area contributed by atoms with Crippen molar-refractivity contribution in [3.63, 3.8) is 0 Å². The first-order valence-corrected chi connectivity index (χ1v) is 7.75. The maximum Gasteiger partial charge on any atom is 0.344 e. The van der Waals surface area contributed by atoms with Crippen LogP contribution in [-0.2, 0) is 4.79 Å². The molecular formula is C16H17F2N3O3. The molecule has 1 saturated heterocycles. The second-order valence-electron chi connectivity index (χ2n) is 6.40. The molecule has 6 nitrogen and oxygen atoms in total. The zero-order valence-corrected chi connectivity index (χ0v) is 13.1. The van der Waals surface area contributed by atoms with E-state index in [1.54, 1.807) is 0 Å². The third-order valence-electron chi connectivity index (χ3n) is 4.68. The highest BCUT2D eigenvalue weighted by Gasteiger charge is 2.53. The first-order chi connectivity index (χ1) is 11.3. The molecule has 3 rings (SSSR count). The largest absolute Gasteiger partial charge is 0.344 e. The average molecular weight is 337 g/mol. The number of hydrogen-bond donors (Lipinski definition) is 2. The second kappa shape index (κ2) is 5.85. The molecule has 128 valence electrons. The lowest BCUT2D eigenvalue weighted by Crippen LogP contribution is -2.51. The molecule has 0 atom stereocenters. The molecular weight excluding hydrogens is 320 g/mol. The van der Waals surface area contributed by atoms with Gasteiger partial charge in [0, 0.05) is 0 Å². The quantitative estimate of drug-likeness (QED) is 0.812. The van der Waals surface area contributed by atoms with Crippen LogP contribution in [0.2, 0.25) is 0 Å². The fourth-order valence-electron chi connectivity index (χ4n) is 3.15. The minimum Gasteiger partial charge on any atom is -0.322 e. The van der Waals surface area contributed by atoms with Crippen LogP contribution in [-0.4, -0.2) is 28.4 Å². The normalized spacial score (nSPS) is 26.6. The number of carbonyl (C=O) groups is 3. The maximum atomic E-state index is 13.6. The van der Waals surface area contributed by atoms with E-state index in [1.165, 1.54) is 0 Å². The number of imide groups is 1. The third-order valence-corrected chi connectivity index (χ3v) is 4.68. The molecule has 0 radical (unpaired) electrons. The van der Waals surface area contributed by atoms with Gasteiger partial charge >= 0.3 is 6.03 Å². The van der Waals surface area contributed by atoms with Crippen molar-refractivity contribution in [3.8, 4) is 0 Å². The number of halogens is 2. The summed E-state index contributed by atoms with van der Waals surface area (Å²) in [4.78, 5) is 36.7. The number of rotatable bonds is 2. The summed E-state index contributed by atoms with van der Waals surface area (Å²) in [5.41, 5.74) is 0.480. The summed E-state index contributed by atoms with van der Waals surface area (Å²) in [6, 6.07) is 1.62. The Kier molecular flexibility index (Phi) is 3.98. The Balaban J connectivity index is 1.78. The Morgan fingerprint density at radius 3 is 2.62 bits per heavy atom. The number of amides is 4. The monoisotopic (exact) mass is 337 g/mol. The third kappa shape index (κ3) is 2.72. The summed E-state index contributed by atoms with van der Waals surface area (Å²) in [6.45, 7) is 2.07. The predicted molar refractivity (Wildman–Crippen MR) is 79.6 cm³/mol. The van der Waals surface area contributed by atoms with Gasteiger partial charge in [-0.05, 0) is 49.8 Å². The first-order valence-electron chi connectivity index (χ1n) is 7.75. The van der Waals surface area contributed by atoms with Crippen LogP contribution in [0, 0.1) is 17.6 Å². The summed E-state index contributed by atoms with van der Waals surface area (Å²) in [7, 11) is 0. The van der Waals surface area contributed by atoms with E-state index >= 15 is 0 Å². The Hall–Kier alpha value is -2.51. The van der Waals surface area contributed by atoms with Crippen molar-refractivity contribution in [2.45, 2.75) is 38.1 Å². The van der Waals surface area contributed by atoms with E-state index < -0.39 is 40.6 Å². The molecule has 0 aromatic heterocycles. The Morgan fingerprint density at radius 1 is 1.29 bits per heavy atom. The highest BCUT2D eigenvalue weighted by molar-refractivity contribution is 6.09. The van der Waals surface area contributed by atoms with Crippen LogP contribution in [0.1, 0.15) is 43.0 Å². The molecule has 0 bridgehead atoms. The molecule has 1 heterocycles. The van der Waals surface area contributed by atoms with Crippen LogP contribution >= 0.6 is 0 Å². The number of nitrogens with zero attached hydrogens (tertiary/aromatic N) is 1. The number of urea groups is 1. The number of hydrogen-bond acceptors (Lipinski definition) is 3. The summed E-state index contributed by atoms with van der Waals surface area (Å²) in [5.74, 6) is -2.90. The number of carbonyl (C=O) groups excluding carboxylic acids is 3. The Bertz CT molecular complexity index is 715. The van der Waals surface area contributed by atoms with E-state index in [0.29, 0.717) is 29.8 Å². The van der Waals surface area contributed by atoms with Gasteiger partial charge in [0.1, 0.15) is 17.2 Å². The highest BCUT2D eigenvalue weighted by Crippen LogP contribution is 2.35. The van der Waals surface area contributed by atoms with Crippen molar-refractivity contribution in [2.75, 3.05) is 0 Å². The molecule has 1 spiro atoms. The van der Waals surface area contributed by atoms with Crippen LogP contribution in [0.3, 0.4) is 0 Å². The van der Waals surface area contributed by atoms with Crippen molar-refractivity contribution in [3.05, 3.63) is 35.4 Å². The topological polar surface area (TPSA) is 78.5 Å². The van der Waals surface area contributed by atoms with Gasteiger partial charge in [0.15, 0.2) is 0 Å². The van der Waals surface area contributed by atoms with Crippen LogP contribution in [0.25, 0.3) is 0 Å². The minimum atomic E-state index is -1.06. The minimum absolute atomic E-state index is 0.463. The van der Waals surface area contributed by atoms with Gasteiger partial charge in [-0.3, -0.25) is 15.0 Å². The number of hydrazine groups is 1. The standard InChI is InChI=1S/C16H17F2N3O3/c1-9-4-6-16(7-5-9)14(23)21(15(24)19-16)20-13(22)11-8-10(17)2-3-12(11)18/h2-3,8-9H,4-7H2,1H3,(H,19,24)(H,20,22). The molecule has 2 N–H and O–H groups in total. The van der Waals surface area contributed by atoms with Gasteiger partial charge in [-0.2, -0.15) is 5.01 Å². The van der Waals surface area contributed by atoms with Gasteiger partial charge in [0.2, 0.25) is 0 Å². The zero-order chi connectivity index (χ0) is 17.5. The number of benzene rings is 1. The average Bonchev–Trinajstić information content (AvgIpc) is 2.77. The summed E-state index contributed by atoms with van der Waals surface area (Å²) >= 11 is 0. The Morgan fingerprint density at radius 2 is 1.96 bits per heavy atom. The molecule has 4 amide bonds. The van der Waals surface area contributed by atoms with Gasteiger partial charge < -0.3 is 5.32 Å². The summed E-state index contributed by atoms with van der Waals surface area (Å²) in [5, 5.41) is 3.19. The molecule has 1 aliphatic heterocycles. The highest BCUT2D eigenvalue weighted by atomic mass is 19.1. The van der Waals surface area contributed by atoms with Crippen molar-refractivity contribution < 1.29 is 23.2 Å². The molecule has 1 aromatic carbocycles.